The van der Waals surface area contributed by atoms with E-state index in [0.29, 0.717) is 16.7 Å². The Bertz CT molecular complexity index is 968. The van der Waals surface area contributed by atoms with Gasteiger partial charge in [-0.2, -0.15) is 0 Å². The van der Waals surface area contributed by atoms with E-state index in [-0.39, 0.29) is 11.7 Å². The van der Waals surface area contributed by atoms with E-state index in [4.69, 9.17) is 17.0 Å². The highest BCUT2D eigenvalue weighted by Crippen LogP contribution is 2.20. The molecule has 3 aromatic rings. The summed E-state index contributed by atoms with van der Waals surface area (Å²) in [5.41, 5.74) is 0.747. The maximum atomic E-state index is 12.8. The van der Waals surface area contributed by atoms with Crippen LogP contribution in [0.25, 0.3) is 21.7 Å². The number of H-pyrrole nitrogens is 1. The van der Waals surface area contributed by atoms with Gasteiger partial charge >= 0.3 is 0 Å². The van der Waals surface area contributed by atoms with Crippen LogP contribution in [0.4, 0.5) is 0 Å². The molecule has 1 fully saturated rings. The summed E-state index contributed by atoms with van der Waals surface area (Å²) in [4.78, 5) is 16.0. The topological polar surface area (TPSA) is 47.0 Å². The van der Waals surface area contributed by atoms with Crippen LogP contribution in [0.2, 0.25) is 0 Å². The van der Waals surface area contributed by atoms with Crippen LogP contribution in [0.5, 0.6) is 0 Å². The maximum absolute atomic E-state index is 12.8. The average molecular weight is 312 g/mol. The lowest BCUT2D eigenvalue weighted by Gasteiger charge is -2.13. The Labute approximate surface area is 132 Å². The van der Waals surface area contributed by atoms with Gasteiger partial charge in [-0.25, -0.2) is 0 Å². The quantitative estimate of drug-likeness (QED) is 0.583. The van der Waals surface area contributed by atoms with Crippen LogP contribution in [-0.4, -0.2) is 22.3 Å². The number of nitrogens with zero attached hydrogens (tertiary/aromatic N) is 1. The summed E-state index contributed by atoms with van der Waals surface area (Å²) in [6.45, 7) is 1.30. The van der Waals surface area contributed by atoms with Crippen molar-refractivity contribution in [3.63, 3.8) is 0 Å². The van der Waals surface area contributed by atoms with E-state index in [1.807, 2.05) is 36.4 Å². The van der Waals surface area contributed by atoms with E-state index in [2.05, 4.69) is 4.98 Å². The van der Waals surface area contributed by atoms with Crippen molar-refractivity contribution in [2.45, 2.75) is 25.5 Å². The van der Waals surface area contributed by atoms with Crippen molar-refractivity contribution in [3.8, 4) is 0 Å². The summed E-state index contributed by atoms with van der Waals surface area (Å²) in [6, 6.07) is 11.9. The number of aromatic amines is 1. The number of benzene rings is 2. The minimum atomic E-state index is -0.0417. The molecule has 0 bridgehead atoms. The molecule has 112 valence electrons. The molecule has 0 radical (unpaired) electrons. The van der Waals surface area contributed by atoms with E-state index in [1.54, 1.807) is 4.57 Å². The first-order chi connectivity index (χ1) is 10.7. The fraction of sp³-hybridized carbons (Fsp3) is 0.294. The fourth-order valence-corrected chi connectivity index (χ4v) is 3.37. The number of aromatic nitrogens is 2. The number of hydrogen-bond donors (Lipinski definition) is 1. The van der Waals surface area contributed by atoms with Crippen molar-refractivity contribution in [2.75, 3.05) is 6.61 Å². The first-order valence-electron chi connectivity index (χ1n) is 7.49. The van der Waals surface area contributed by atoms with Gasteiger partial charge < -0.3 is 9.72 Å². The molecule has 2 aromatic carbocycles. The van der Waals surface area contributed by atoms with E-state index >= 15 is 0 Å². The number of nitrogens with one attached hydrogen (secondary N) is 1. The highest BCUT2D eigenvalue weighted by molar-refractivity contribution is 7.71. The first-order valence-corrected chi connectivity index (χ1v) is 7.90. The van der Waals surface area contributed by atoms with Crippen molar-refractivity contribution in [2.24, 2.45) is 0 Å². The molecule has 0 aliphatic carbocycles. The third-order valence-electron chi connectivity index (χ3n) is 4.26. The summed E-state index contributed by atoms with van der Waals surface area (Å²) in [5, 5.41) is 2.82. The number of hydrogen-bond acceptors (Lipinski definition) is 3. The Balaban J connectivity index is 1.92. The second-order valence-electron chi connectivity index (χ2n) is 5.73. The zero-order chi connectivity index (χ0) is 15.1. The monoisotopic (exact) mass is 312 g/mol. The van der Waals surface area contributed by atoms with Gasteiger partial charge in [0.15, 0.2) is 4.77 Å². The minimum Gasteiger partial charge on any atom is -0.376 e. The number of rotatable bonds is 2. The standard InChI is InChI=1S/C17H16N2O2S/c20-16-14-8-11-4-1-2-5-12(11)9-15(14)18-17(22)19(16)10-13-6-3-7-21-13/h1-2,4-5,8-9,13H,3,6-7,10H2,(H,18,22)/t13-/m1/s1. The van der Waals surface area contributed by atoms with Crippen LogP contribution in [0.3, 0.4) is 0 Å². The lowest BCUT2D eigenvalue weighted by molar-refractivity contribution is 0.0957. The van der Waals surface area contributed by atoms with E-state index in [0.717, 1.165) is 35.7 Å². The molecule has 1 saturated heterocycles. The molecule has 1 aromatic heterocycles. The van der Waals surface area contributed by atoms with Gasteiger partial charge in [-0.05, 0) is 48.0 Å². The van der Waals surface area contributed by atoms with Crippen LogP contribution in [-0.2, 0) is 11.3 Å². The molecule has 0 spiro atoms. The van der Waals surface area contributed by atoms with Crippen molar-refractivity contribution in [1.82, 2.24) is 9.55 Å². The van der Waals surface area contributed by atoms with E-state index < -0.39 is 0 Å². The predicted molar refractivity (Wildman–Crippen MR) is 89.9 cm³/mol. The Hall–Kier alpha value is -1.98. The molecule has 4 rings (SSSR count). The Morgan fingerprint density at radius 3 is 2.77 bits per heavy atom. The van der Waals surface area contributed by atoms with Crippen molar-refractivity contribution >= 4 is 33.9 Å². The highest BCUT2D eigenvalue weighted by atomic mass is 32.1. The molecule has 2 heterocycles. The third-order valence-corrected chi connectivity index (χ3v) is 4.58. The summed E-state index contributed by atoms with van der Waals surface area (Å²) < 4.78 is 7.72. The summed E-state index contributed by atoms with van der Waals surface area (Å²) in [6.07, 6.45) is 2.12. The lowest BCUT2D eigenvalue weighted by Crippen LogP contribution is -2.27. The van der Waals surface area contributed by atoms with Gasteiger partial charge in [-0.1, -0.05) is 24.3 Å². The van der Waals surface area contributed by atoms with Crippen LogP contribution < -0.4 is 5.56 Å². The summed E-state index contributed by atoms with van der Waals surface area (Å²) in [7, 11) is 0. The van der Waals surface area contributed by atoms with Gasteiger partial charge in [0.1, 0.15) is 0 Å². The molecule has 1 atom stereocenters. The average Bonchev–Trinajstić information content (AvgIpc) is 3.03. The largest absolute Gasteiger partial charge is 0.376 e. The smallest absolute Gasteiger partial charge is 0.262 e. The van der Waals surface area contributed by atoms with Crippen LogP contribution in [0, 0.1) is 4.77 Å². The van der Waals surface area contributed by atoms with E-state index in [9.17, 15) is 4.79 Å². The van der Waals surface area contributed by atoms with Gasteiger partial charge in [-0.15, -0.1) is 0 Å². The first kappa shape index (κ1) is 13.7. The minimum absolute atomic E-state index is 0.0417. The third kappa shape index (κ3) is 2.26. The fourth-order valence-electron chi connectivity index (χ4n) is 3.10. The summed E-state index contributed by atoms with van der Waals surface area (Å²) >= 11 is 5.38. The highest BCUT2D eigenvalue weighted by Gasteiger charge is 2.18. The van der Waals surface area contributed by atoms with Crippen LogP contribution in [0.15, 0.2) is 41.2 Å². The predicted octanol–water partition coefficient (Wildman–Crippen LogP) is 3.39. The molecule has 4 nitrogen and oxygen atoms in total. The van der Waals surface area contributed by atoms with Crippen molar-refractivity contribution in [3.05, 3.63) is 51.5 Å². The van der Waals surface area contributed by atoms with Gasteiger partial charge in [-0.3, -0.25) is 9.36 Å². The SMILES string of the molecule is O=c1c2cc3ccccc3cc2[nH]c(=S)n1C[C@H]1CCCO1. The molecule has 0 saturated carbocycles. The Morgan fingerprint density at radius 2 is 2.05 bits per heavy atom. The van der Waals surface area contributed by atoms with Crippen LogP contribution >= 0.6 is 12.2 Å². The summed E-state index contributed by atoms with van der Waals surface area (Å²) in [5.74, 6) is 0. The van der Waals surface area contributed by atoms with Gasteiger partial charge in [0.25, 0.3) is 5.56 Å². The maximum Gasteiger partial charge on any atom is 0.262 e. The Kier molecular flexibility index (Phi) is 3.32. The van der Waals surface area contributed by atoms with Crippen molar-refractivity contribution < 1.29 is 4.74 Å². The molecule has 5 heteroatoms. The molecular formula is C17H16N2O2S. The molecule has 0 amide bonds. The molecular weight excluding hydrogens is 296 g/mol. The number of fused-ring (bicyclic) bond motifs is 2. The molecule has 22 heavy (non-hydrogen) atoms. The second kappa shape index (κ2) is 5.34. The molecule has 1 aliphatic rings. The zero-order valence-electron chi connectivity index (χ0n) is 12.0. The molecule has 0 unspecified atom stereocenters. The van der Waals surface area contributed by atoms with Crippen LogP contribution in [0.1, 0.15) is 12.8 Å². The normalized spacial score (nSPS) is 18.3. The van der Waals surface area contributed by atoms with Gasteiger partial charge in [0.2, 0.25) is 0 Å². The van der Waals surface area contributed by atoms with Crippen molar-refractivity contribution in [1.29, 1.82) is 0 Å². The zero-order valence-corrected chi connectivity index (χ0v) is 12.9. The second-order valence-corrected chi connectivity index (χ2v) is 6.11. The number of ether oxygens (including phenoxy) is 1. The van der Waals surface area contributed by atoms with Gasteiger partial charge in [0, 0.05) is 6.61 Å². The van der Waals surface area contributed by atoms with E-state index in [1.165, 1.54) is 0 Å². The Morgan fingerprint density at radius 1 is 1.27 bits per heavy atom. The lowest BCUT2D eigenvalue weighted by atomic mass is 10.1. The molecule has 1 N–H and O–H groups in total. The van der Waals surface area contributed by atoms with Gasteiger partial charge in [0.05, 0.1) is 23.6 Å². The molecule has 1 aliphatic heterocycles.